The molecule has 162 valence electrons. The zero-order valence-corrected chi connectivity index (χ0v) is 18.5. The molecule has 0 radical (unpaired) electrons. The van der Waals surface area contributed by atoms with Crippen molar-refractivity contribution in [1.29, 1.82) is 0 Å². The van der Waals surface area contributed by atoms with Gasteiger partial charge < -0.3 is 20.1 Å². The fourth-order valence-electron chi connectivity index (χ4n) is 4.69. The molecule has 0 aromatic heterocycles. The van der Waals surface area contributed by atoms with Gasteiger partial charge in [0.1, 0.15) is 0 Å². The molecule has 2 heterocycles. The maximum Gasteiger partial charge on any atom is 0.0976 e. The number of rotatable bonds is 6. The van der Waals surface area contributed by atoms with Crippen molar-refractivity contribution in [2.75, 3.05) is 38.6 Å². The number of hydrogen-bond acceptors (Lipinski definition) is 4. The van der Waals surface area contributed by atoms with Crippen LogP contribution in [-0.4, -0.2) is 37.8 Å². The number of hydrogen-bond donors (Lipinski definition) is 1. The van der Waals surface area contributed by atoms with Crippen molar-refractivity contribution < 1.29 is 9.47 Å². The van der Waals surface area contributed by atoms with Crippen LogP contribution in [0.15, 0.2) is 48.7 Å². The quantitative estimate of drug-likeness (QED) is 0.652. The lowest BCUT2D eigenvalue weighted by Gasteiger charge is -2.39. The van der Waals surface area contributed by atoms with Crippen molar-refractivity contribution in [2.45, 2.75) is 51.6 Å². The monoisotopic (exact) mass is 408 g/mol. The molecule has 4 rings (SSSR count). The van der Waals surface area contributed by atoms with E-state index in [0.29, 0.717) is 12.0 Å². The molecule has 4 nitrogen and oxygen atoms in total. The molecule has 0 atom stereocenters. The van der Waals surface area contributed by atoms with Crippen LogP contribution in [0.25, 0.3) is 5.57 Å². The van der Waals surface area contributed by atoms with Gasteiger partial charge in [-0.3, -0.25) is 0 Å². The van der Waals surface area contributed by atoms with Crippen LogP contribution < -0.4 is 5.73 Å². The first-order valence-electron chi connectivity index (χ1n) is 11.4. The Morgan fingerprint density at radius 1 is 1.13 bits per heavy atom. The third kappa shape index (κ3) is 4.81. The zero-order valence-electron chi connectivity index (χ0n) is 18.5. The number of ether oxygens (including phenoxy) is 2. The first-order valence-corrected chi connectivity index (χ1v) is 11.4. The van der Waals surface area contributed by atoms with Gasteiger partial charge in [-0.15, -0.1) is 0 Å². The van der Waals surface area contributed by atoms with Crippen LogP contribution in [0.3, 0.4) is 0 Å². The summed E-state index contributed by atoms with van der Waals surface area (Å²) in [5, 5.41) is 0. The highest BCUT2D eigenvalue weighted by Gasteiger charge is 2.36. The van der Waals surface area contributed by atoms with E-state index in [1.807, 2.05) is 0 Å². The number of benzene rings is 1. The van der Waals surface area contributed by atoms with E-state index >= 15 is 0 Å². The molecule has 0 bridgehead atoms. The number of allylic oxidation sites excluding steroid dienone is 4. The van der Waals surface area contributed by atoms with Crippen LogP contribution in [-0.2, 0) is 15.1 Å². The van der Waals surface area contributed by atoms with E-state index in [-0.39, 0.29) is 5.60 Å². The molecule has 2 aliphatic heterocycles. The van der Waals surface area contributed by atoms with E-state index in [1.165, 1.54) is 23.1 Å². The molecular formula is C26H36N2O2. The van der Waals surface area contributed by atoms with E-state index in [0.717, 1.165) is 57.7 Å². The van der Waals surface area contributed by atoms with Gasteiger partial charge in [0, 0.05) is 50.4 Å². The number of nitrogen functional groups attached to an aromatic ring is 1. The SMILES string of the molecule is CC1(C)CC=C(c2cc(C3(OCCN4C=CC=CC4)CCOCC3)ccc2N)CC1. The third-order valence-corrected chi connectivity index (χ3v) is 6.84. The van der Waals surface area contributed by atoms with Crippen molar-refractivity contribution in [3.63, 3.8) is 0 Å². The van der Waals surface area contributed by atoms with Gasteiger partial charge in [0.15, 0.2) is 0 Å². The molecule has 0 spiro atoms. The molecule has 1 aromatic carbocycles. The third-order valence-electron chi connectivity index (χ3n) is 6.84. The van der Waals surface area contributed by atoms with Crippen LogP contribution in [0.1, 0.15) is 57.1 Å². The van der Waals surface area contributed by atoms with Crippen LogP contribution in [0.4, 0.5) is 5.69 Å². The second-order valence-electron chi connectivity index (χ2n) is 9.62. The van der Waals surface area contributed by atoms with Crippen molar-refractivity contribution >= 4 is 11.3 Å². The molecule has 1 aromatic rings. The minimum absolute atomic E-state index is 0.287. The lowest BCUT2D eigenvalue weighted by Crippen LogP contribution is -2.38. The van der Waals surface area contributed by atoms with Crippen LogP contribution >= 0.6 is 0 Å². The Hall–Kier alpha value is -2.04. The highest BCUT2D eigenvalue weighted by Crippen LogP contribution is 2.42. The van der Waals surface area contributed by atoms with Gasteiger partial charge in [0.2, 0.25) is 0 Å². The van der Waals surface area contributed by atoms with Gasteiger partial charge >= 0.3 is 0 Å². The van der Waals surface area contributed by atoms with Gasteiger partial charge in [-0.2, -0.15) is 0 Å². The molecule has 0 unspecified atom stereocenters. The van der Waals surface area contributed by atoms with Gasteiger partial charge in [-0.1, -0.05) is 38.1 Å². The van der Waals surface area contributed by atoms with Gasteiger partial charge in [-0.25, -0.2) is 0 Å². The molecule has 1 fully saturated rings. The molecule has 1 saturated heterocycles. The summed E-state index contributed by atoms with van der Waals surface area (Å²) in [6.07, 6.45) is 16.1. The molecule has 2 N–H and O–H groups in total. The molecule has 0 amide bonds. The number of nitrogens with two attached hydrogens (primary N) is 1. The molecule has 30 heavy (non-hydrogen) atoms. The minimum Gasteiger partial charge on any atom is -0.398 e. The van der Waals surface area contributed by atoms with E-state index in [2.05, 4.69) is 67.5 Å². The van der Waals surface area contributed by atoms with Gasteiger partial charge in [-0.05, 0) is 60.2 Å². The first-order chi connectivity index (χ1) is 14.5. The van der Waals surface area contributed by atoms with Gasteiger partial charge in [0.25, 0.3) is 0 Å². The van der Waals surface area contributed by atoms with E-state index in [4.69, 9.17) is 15.2 Å². The summed E-state index contributed by atoms with van der Waals surface area (Å²) in [7, 11) is 0. The Kier molecular flexibility index (Phi) is 6.35. The van der Waals surface area contributed by atoms with Crippen molar-refractivity contribution in [3.05, 3.63) is 59.8 Å². The molecule has 3 aliphatic rings. The Morgan fingerprint density at radius 3 is 2.67 bits per heavy atom. The Balaban J connectivity index is 1.54. The van der Waals surface area contributed by atoms with Crippen LogP contribution in [0.2, 0.25) is 0 Å². The topological polar surface area (TPSA) is 47.7 Å². The number of nitrogens with zero attached hydrogens (tertiary/aromatic N) is 1. The summed E-state index contributed by atoms with van der Waals surface area (Å²) in [6, 6.07) is 6.54. The zero-order chi connectivity index (χ0) is 21.0. The maximum atomic E-state index is 6.63. The Morgan fingerprint density at radius 2 is 1.97 bits per heavy atom. The largest absolute Gasteiger partial charge is 0.398 e. The molecule has 1 aliphatic carbocycles. The minimum atomic E-state index is -0.287. The van der Waals surface area contributed by atoms with E-state index in [9.17, 15) is 0 Å². The average molecular weight is 409 g/mol. The molecule has 4 heteroatoms. The molecular weight excluding hydrogens is 372 g/mol. The predicted molar refractivity (Wildman–Crippen MR) is 124 cm³/mol. The summed E-state index contributed by atoms with van der Waals surface area (Å²) in [4.78, 5) is 2.29. The maximum absolute atomic E-state index is 6.63. The summed E-state index contributed by atoms with van der Waals surface area (Å²) >= 11 is 0. The lowest BCUT2D eigenvalue weighted by atomic mass is 9.76. The van der Waals surface area contributed by atoms with Crippen LogP contribution in [0.5, 0.6) is 0 Å². The summed E-state index contributed by atoms with van der Waals surface area (Å²) in [6.45, 7) is 8.72. The summed E-state index contributed by atoms with van der Waals surface area (Å²) < 4.78 is 12.3. The first kappa shape index (κ1) is 21.2. The van der Waals surface area contributed by atoms with Gasteiger partial charge in [0.05, 0.1) is 12.2 Å². The number of anilines is 1. The summed E-state index contributed by atoms with van der Waals surface area (Å²) in [5.74, 6) is 0. The van der Waals surface area contributed by atoms with Crippen molar-refractivity contribution in [2.24, 2.45) is 5.41 Å². The van der Waals surface area contributed by atoms with E-state index in [1.54, 1.807) is 0 Å². The van der Waals surface area contributed by atoms with Crippen molar-refractivity contribution in [3.8, 4) is 0 Å². The molecule has 0 saturated carbocycles. The highest BCUT2D eigenvalue weighted by atomic mass is 16.5. The second kappa shape index (κ2) is 8.99. The average Bonchev–Trinajstić information content (AvgIpc) is 2.76. The fraction of sp³-hybridized carbons (Fsp3) is 0.538. The second-order valence-corrected chi connectivity index (χ2v) is 9.62. The van der Waals surface area contributed by atoms with E-state index < -0.39 is 0 Å². The van der Waals surface area contributed by atoms with Crippen molar-refractivity contribution in [1.82, 2.24) is 4.90 Å². The Labute approximate surface area is 181 Å². The predicted octanol–water partition coefficient (Wildman–Crippen LogP) is 5.27. The lowest BCUT2D eigenvalue weighted by molar-refractivity contribution is -0.118. The van der Waals surface area contributed by atoms with Crippen LogP contribution in [0, 0.1) is 5.41 Å². The normalized spacial score (nSPS) is 22.7. The smallest absolute Gasteiger partial charge is 0.0976 e. The summed E-state index contributed by atoms with van der Waals surface area (Å²) in [5.41, 5.74) is 11.2. The fourth-order valence-corrected chi connectivity index (χ4v) is 4.69. The standard InChI is InChI=1S/C26H36N2O2/c1-25(2)10-8-21(9-11-25)23-20-22(6-7-24(23)27)26(12-17-29-18-13-26)30-19-16-28-14-4-3-5-15-28/h3-8,14,20H,9-13,15-19,27H2,1-2H3. The Bertz CT molecular complexity index is 831. The highest BCUT2D eigenvalue weighted by molar-refractivity contribution is 5.76.